The Kier molecular flexibility index (Phi) is 3.21. The average molecular weight is 330 g/mol. The molecule has 2 aromatic heterocycles. The Morgan fingerprint density at radius 3 is 2.72 bits per heavy atom. The summed E-state index contributed by atoms with van der Waals surface area (Å²) in [6.45, 7) is 1.18. The molecular formula is C20H18N4O. The van der Waals surface area contributed by atoms with Gasteiger partial charge in [-0.25, -0.2) is 9.97 Å². The van der Waals surface area contributed by atoms with Gasteiger partial charge >= 0.3 is 0 Å². The van der Waals surface area contributed by atoms with Gasteiger partial charge in [0.2, 0.25) is 0 Å². The lowest BCUT2D eigenvalue weighted by Crippen LogP contribution is -2.25. The second-order valence-corrected chi connectivity index (χ2v) is 6.47. The SMILES string of the molecule is Nc1nc2ccccc2c2c1nc1n2[C@@H](Cc2ccccc2)COC1. The van der Waals surface area contributed by atoms with Gasteiger partial charge in [0.05, 0.1) is 23.7 Å². The van der Waals surface area contributed by atoms with E-state index in [4.69, 9.17) is 15.5 Å². The van der Waals surface area contributed by atoms with Gasteiger partial charge in [-0.1, -0.05) is 48.5 Å². The number of para-hydroxylation sites is 1. The molecule has 5 heteroatoms. The molecule has 2 N–H and O–H groups in total. The Bertz CT molecular complexity index is 1070. The molecule has 0 bridgehead atoms. The van der Waals surface area contributed by atoms with E-state index in [-0.39, 0.29) is 6.04 Å². The van der Waals surface area contributed by atoms with E-state index in [1.165, 1.54) is 5.56 Å². The van der Waals surface area contributed by atoms with Gasteiger partial charge in [0.15, 0.2) is 5.82 Å². The molecule has 2 aromatic carbocycles. The van der Waals surface area contributed by atoms with E-state index in [2.05, 4.69) is 39.9 Å². The third-order valence-electron chi connectivity index (χ3n) is 4.85. The normalized spacial score (nSPS) is 17.0. The zero-order chi connectivity index (χ0) is 16.8. The van der Waals surface area contributed by atoms with Crippen molar-refractivity contribution in [1.29, 1.82) is 0 Å². The van der Waals surface area contributed by atoms with Gasteiger partial charge in [0.25, 0.3) is 0 Å². The van der Waals surface area contributed by atoms with Crippen LogP contribution in [-0.4, -0.2) is 21.1 Å². The number of nitrogen functional groups attached to an aromatic ring is 1. The zero-order valence-electron chi connectivity index (χ0n) is 13.7. The van der Waals surface area contributed by atoms with E-state index in [1.54, 1.807) is 0 Å². The number of imidazole rings is 1. The van der Waals surface area contributed by atoms with E-state index < -0.39 is 0 Å². The fourth-order valence-electron chi connectivity index (χ4n) is 3.76. The Balaban J connectivity index is 1.75. The minimum atomic E-state index is 0.196. The maximum absolute atomic E-state index is 6.20. The van der Waals surface area contributed by atoms with Gasteiger partial charge in [-0.2, -0.15) is 0 Å². The van der Waals surface area contributed by atoms with Crippen molar-refractivity contribution in [3.63, 3.8) is 0 Å². The quantitative estimate of drug-likeness (QED) is 0.611. The summed E-state index contributed by atoms with van der Waals surface area (Å²) in [6, 6.07) is 18.8. The summed E-state index contributed by atoms with van der Waals surface area (Å²) in [7, 11) is 0. The summed E-state index contributed by atoms with van der Waals surface area (Å²) in [5.41, 5.74) is 10.2. The molecule has 1 aliphatic rings. The lowest BCUT2D eigenvalue weighted by molar-refractivity contribution is 0.0567. The minimum absolute atomic E-state index is 0.196. The van der Waals surface area contributed by atoms with E-state index in [0.717, 1.165) is 34.2 Å². The van der Waals surface area contributed by atoms with Crippen LogP contribution in [-0.2, 0) is 17.8 Å². The van der Waals surface area contributed by atoms with Crippen LogP contribution in [0.5, 0.6) is 0 Å². The van der Waals surface area contributed by atoms with Crippen molar-refractivity contribution in [1.82, 2.24) is 14.5 Å². The molecule has 0 saturated heterocycles. The van der Waals surface area contributed by atoms with Gasteiger partial charge in [0, 0.05) is 5.39 Å². The molecule has 0 aliphatic carbocycles. The highest BCUT2D eigenvalue weighted by Gasteiger charge is 2.26. The molecule has 0 radical (unpaired) electrons. The van der Waals surface area contributed by atoms with E-state index >= 15 is 0 Å². The summed E-state index contributed by atoms with van der Waals surface area (Å²) in [6.07, 6.45) is 0.899. The Hall–Kier alpha value is -2.92. The van der Waals surface area contributed by atoms with Crippen LogP contribution in [0.4, 0.5) is 5.82 Å². The van der Waals surface area contributed by atoms with E-state index in [0.29, 0.717) is 19.0 Å². The number of benzene rings is 2. The molecule has 4 aromatic rings. The zero-order valence-corrected chi connectivity index (χ0v) is 13.7. The number of pyridine rings is 1. The fraction of sp³-hybridized carbons (Fsp3) is 0.200. The number of nitrogens with zero attached hydrogens (tertiary/aromatic N) is 3. The smallest absolute Gasteiger partial charge is 0.152 e. The Labute approximate surface area is 145 Å². The first-order valence-corrected chi connectivity index (χ1v) is 8.48. The number of ether oxygens (including phenoxy) is 1. The first kappa shape index (κ1) is 14.4. The summed E-state index contributed by atoms with van der Waals surface area (Å²) in [4.78, 5) is 9.26. The van der Waals surface area contributed by atoms with Crippen LogP contribution in [0, 0.1) is 0 Å². The molecule has 0 fully saturated rings. The third kappa shape index (κ3) is 2.27. The number of hydrogen-bond donors (Lipinski definition) is 1. The topological polar surface area (TPSA) is 66.0 Å². The molecule has 5 nitrogen and oxygen atoms in total. The molecular weight excluding hydrogens is 312 g/mol. The first-order valence-electron chi connectivity index (χ1n) is 8.48. The predicted octanol–water partition coefficient (Wildman–Crippen LogP) is 3.48. The van der Waals surface area contributed by atoms with Gasteiger partial charge in [0.1, 0.15) is 17.9 Å². The monoisotopic (exact) mass is 330 g/mol. The van der Waals surface area contributed by atoms with Crippen molar-refractivity contribution in [2.75, 3.05) is 12.3 Å². The lowest BCUT2D eigenvalue weighted by Gasteiger charge is -2.26. The number of hydrogen-bond acceptors (Lipinski definition) is 4. The number of fused-ring (bicyclic) bond motifs is 5. The second-order valence-electron chi connectivity index (χ2n) is 6.47. The van der Waals surface area contributed by atoms with E-state index in [9.17, 15) is 0 Å². The summed E-state index contributed by atoms with van der Waals surface area (Å²) < 4.78 is 8.13. The second kappa shape index (κ2) is 5.57. The third-order valence-corrected chi connectivity index (χ3v) is 4.85. The van der Waals surface area contributed by atoms with Gasteiger partial charge in [-0.05, 0) is 18.1 Å². The largest absolute Gasteiger partial charge is 0.382 e. The standard InChI is InChI=1S/C20H18N4O/c21-20-18-19(15-8-4-5-9-16(15)22-20)24-14(11-25-12-17(24)23-18)10-13-6-2-1-3-7-13/h1-9,14H,10-12H2,(H2,21,22)/t14-/m0/s1. The van der Waals surface area contributed by atoms with Crippen LogP contribution in [0.2, 0.25) is 0 Å². The predicted molar refractivity (Wildman–Crippen MR) is 98.3 cm³/mol. The average Bonchev–Trinajstić information content (AvgIpc) is 3.04. The molecule has 0 saturated carbocycles. The molecule has 0 amide bonds. The van der Waals surface area contributed by atoms with Crippen LogP contribution < -0.4 is 5.73 Å². The van der Waals surface area contributed by atoms with Crippen LogP contribution in [0.1, 0.15) is 17.4 Å². The Morgan fingerprint density at radius 2 is 1.84 bits per heavy atom. The number of aromatic nitrogens is 3. The lowest BCUT2D eigenvalue weighted by atomic mass is 10.0. The number of anilines is 1. The minimum Gasteiger partial charge on any atom is -0.382 e. The van der Waals surface area contributed by atoms with Crippen LogP contribution in [0.25, 0.3) is 21.9 Å². The molecule has 0 unspecified atom stereocenters. The summed E-state index contributed by atoms with van der Waals surface area (Å²) in [5.74, 6) is 1.40. The molecule has 5 rings (SSSR count). The first-order chi connectivity index (χ1) is 12.3. The van der Waals surface area contributed by atoms with Crippen molar-refractivity contribution < 1.29 is 4.74 Å². The molecule has 124 valence electrons. The molecule has 25 heavy (non-hydrogen) atoms. The molecule has 0 spiro atoms. The van der Waals surface area contributed by atoms with E-state index in [1.807, 2.05) is 24.3 Å². The van der Waals surface area contributed by atoms with Gasteiger partial charge in [-0.3, -0.25) is 0 Å². The summed E-state index contributed by atoms with van der Waals surface area (Å²) >= 11 is 0. The summed E-state index contributed by atoms with van der Waals surface area (Å²) in [5, 5.41) is 1.09. The number of rotatable bonds is 2. The number of nitrogens with two attached hydrogens (primary N) is 1. The Morgan fingerprint density at radius 1 is 1.04 bits per heavy atom. The van der Waals surface area contributed by atoms with Crippen molar-refractivity contribution in [2.45, 2.75) is 19.1 Å². The highest BCUT2D eigenvalue weighted by atomic mass is 16.5. The fourth-order valence-corrected chi connectivity index (χ4v) is 3.76. The maximum atomic E-state index is 6.20. The van der Waals surface area contributed by atoms with Gasteiger partial charge < -0.3 is 15.0 Å². The maximum Gasteiger partial charge on any atom is 0.152 e. The van der Waals surface area contributed by atoms with Gasteiger partial charge in [-0.15, -0.1) is 0 Å². The van der Waals surface area contributed by atoms with Crippen LogP contribution in [0.3, 0.4) is 0 Å². The van der Waals surface area contributed by atoms with Crippen molar-refractivity contribution in [2.24, 2.45) is 0 Å². The van der Waals surface area contributed by atoms with Crippen molar-refractivity contribution >= 4 is 27.8 Å². The van der Waals surface area contributed by atoms with Crippen molar-refractivity contribution in [3.8, 4) is 0 Å². The van der Waals surface area contributed by atoms with Crippen LogP contribution >= 0.6 is 0 Å². The molecule has 1 aliphatic heterocycles. The molecule has 1 atom stereocenters. The highest BCUT2D eigenvalue weighted by Crippen LogP contribution is 2.34. The highest BCUT2D eigenvalue weighted by molar-refractivity contribution is 6.06. The molecule has 3 heterocycles. The van der Waals surface area contributed by atoms with Crippen molar-refractivity contribution in [3.05, 3.63) is 66.0 Å². The van der Waals surface area contributed by atoms with Crippen LogP contribution in [0.15, 0.2) is 54.6 Å².